The molecule has 230 valence electrons. The molecular formula is C45H28N2O2. The quantitative estimate of drug-likeness (QED) is 0.178. The predicted octanol–water partition coefficient (Wildman–Crippen LogP) is 12.8. The maximum Gasteiger partial charge on any atom is 0.227 e. The highest BCUT2D eigenvalue weighted by Gasteiger charge is 2.22. The summed E-state index contributed by atoms with van der Waals surface area (Å²) in [5.41, 5.74) is 9.63. The second kappa shape index (κ2) is 11.0. The first-order valence-corrected chi connectivity index (χ1v) is 16.5. The molecule has 2 heterocycles. The minimum absolute atomic E-state index is 0.609. The Labute approximate surface area is 282 Å². The van der Waals surface area contributed by atoms with Crippen LogP contribution >= 0.6 is 0 Å². The summed E-state index contributed by atoms with van der Waals surface area (Å²) in [6.45, 7) is 0. The van der Waals surface area contributed by atoms with E-state index in [1.54, 1.807) is 0 Å². The monoisotopic (exact) mass is 628 g/mol. The number of fused-ring (bicyclic) bond motifs is 8. The number of nitrogens with zero attached hydrogens (tertiary/aromatic N) is 2. The summed E-state index contributed by atoms with van der Waals surface area (Å²) >= 11 is 0. The SMILES string of the molecule is c1ccc(-c2nc3cc(N(c4ccccc4)c4ccc(-c5cccc6c5oc5ccccc56)cc4)c4ccc5ccccc5c4c3o2)cc1. The van der Waals surface area contributed by atoms with Crippen LogP contribution in [0.4, 0.5) is 17.1 Å². The molecule has 0 spiro atoms. The van der Waals surface area contributed by atoms with E-state index in [9.17, 15) is 0 Å². The number of hydrogen-bond acceptors (Lipinski definition) is 4. The first-order valence-electron chi connectivity index (χ1n) is 16.5. The van der Waals surface area contributed by atoms with Gasteiger partial charge in [0, 0.05) is 44.0 Å². The number of para-hydroxylation sites is 3. The fraction of sp³-hybridized carbons (Fsp3) is 0. The number of furan rings is 1. The number of rotatable bonds is 5. The van der Waals surface area contributed by atoms with Crippen LogP contribution in [-0.4, -0.2) is 4.98 Å². The predicted molar refractivity (Wildman–Crippen MR) is 202 cm³/mol. The highest BCUT2D eigenvalue weighted by Crippen LogP contribution is 2.45. The standard InChI is InChI=1S/C45H28N2O2/c1-3-13-31(14-4-1)45-46-39-28-40(38-27-24-29-12-7-8-17-34(29)42(38)44(39)49-45)47(32-15-5-2-6-16-32)33-25-22-30(23-26-33)35-19-11-20-37-36-18-9-10-21-41(36)48-43(35)37/h1-28H. The normalized spacial score (nSPS) is 11.7. The van der Waals surface area contributed by atoms with Crippen molar-refractivity contribution in [2.45, 2.75) is 0 Å². The van der Waals surface area contributed by atoms with Crippen molar-refractivity contribution in [3.63, 3.8) is 0 Å². The van der Waals surface area contributed by atoms with E-state index in [2.05, 4.69) is 132 Å². The van der Waals surface area contributed by atoms with Gasteiger partial charge in [-0.25, -0.2) is 4.98 Å². The van der Waals surface area contributed by atoms with Crippen LogP contribution in [0, 0.1) is 0 Å². The second-order valence-corrected chi connectivity index (χ2v) is 12.3. The van der Waals surface area contributed by atoms with Gasteiger partial charge in [-0.05, 0) is 64.9 Å². The Kier molecular flexibility index (Phi) is 6.15. The summed E-state index contributed by atoms with van der Waals surface area (Å²) in [5, 5.41) is 6.67. The van der Waals surface area contributed by atoms with Crippen LogP contribution in [-0.2, 0) is 0 Å². The van der Waals surface area contributed by atoms with Crippen LogP contribution in [0.3, 0.4) is 0 Å². The van der Waals surface area contributed by atoms with Gasteiger partial charge in [-0.1, -0.05) is 121 Å². The van der Waals surface area contributed by atoms with Crippen LogP contribution < -0.4 is 4.90 Å². The molecule has 0 aliphatic rings. The molecule has 4 heteroatoms. The van der Waals surface area contributed by atoms with Gasteiger partial charge in [0.25, 0.3) is 0 Å². The van der Waals surface area contributed by atoms with E-state index in [4.69, 9.17) is 13.8 Å². The largest absolute Gasteiger partial charge is 0.455 e. The smallest absolute Gasteiger partial charge is 0.227 e. The third-order valence-electron chi connectivity index (χ3n) is 9.48. The van der Waals surface area contributed by atoms with Crippen LogP contribution in [0.25, 0.3) is 77.2 Å². The van der Waals surface area contributed by atoms with Crippen molar-refractivity contribution in [1.82, 2.24) is 4.98 Å². The summed E-state index contributed by atoms with van der Waals surface area (Å²) in [6, 6.07) is 59.1. The average molecular weight is 629 g/mol. The highest BCUT2D eigenvalue weighted by molar-refractivity contribution is 6.22. The molecule has 8 aromatic carbocycles. The summed E-state index contributed by atoms with van der Waals surface area (Å²) in [6.07, 6.45) is 0. The molecule has 4 nitrogen and oxygen atoms in total. The lowest BCUT2D eigenvalue weighted by Gasteiger charge is -2.27. The molecule has 0 unspecified atom stereocenters. The maximum atomic E-state index is 6.60. The van der Waals surface area contributed by atoms with E-state index < -0.39 is 0 Å². The van der Waals surface area contributed by atoms with Gasteiger partial charge < -0.3 is 13.7 Å². The molecule has 0 radical (unpaired) electrons. The molecule has 0 fully saturated rings. The summed E-state index contributed by atoms with van der Waals surface area (Å²) in [7, 11) is 0. The summed E-state index contributed by atoms with van der Waals surface area (Å²) in [4.78, 5) is 7.39. The molecule has 0 N–H and O–H groups in total. The fourth-order valence-electron chi connectivity index (χ4n) is 7.20. The maximum absolute atomic E-state index is 6.60. The van der Waals surface area contributed by atoms with Crippen LogP contribution in [0.2, 0.25) is 0 Å². The molecule has 10 aromatic rings. The highest BCUT2D eigenvalue weighted by atomic mass is 16.3. The van der Waals surface area contributed by atoms with E-state index >= 15 is 0 Å². The first-order chi connectivity index (χ1) is 24.3. The van der Waals surface area contributed by atoms with E-state index in [0.29, 0.717) is 5.89 Å². The van der Waals surface area contributed by atoms with Gasteiger partial charge in [0.15, 0.2) is 5.58 Å². The Morgan fingerprint density at radius 2 is 1.14 bits per heavy atom. The van der Waals surface area contributed by atoms with Crippen molar-refractivity contribution in [1.29, 1.82) is 0 Å². The number of hydrogen-bond donors (Lipinski definition) is 0. The van der Waals surface area contributed by atoms with E-state index in [1.165, 1.54) is 0 Å². The molecule has 0 aliphatic carbocycles. The van der Waals surface area contributed by atoms with Gasteiger partial charge in [0.2, 0.25) is 5.89 Å². The van der Waals surface area contributed by atoms with E-state index in [0.717, 1.165) is 88.3 Å². The van der Waals surface area contributed by atoms with Crippen LogP contribution in [0.1, 0.15) is 0 Å². The minimum Gasteiger partial charge on any atom is -0.455 e. The van der Waals surface area contributed by atoms with Crippen molar-refractivity contribution in [3.05, 3.63) is 170 Å². The number of benzene rings is 8. The fourth-order valence-corrected chi connectivity index (χ4v) is 7.20. The van der Waals surface area contributed by atoms with Crippen LogP contribution in [0.15, 0.2) is 179 Å². The van der Waals surface area contributed by atoms with Gasteiger partial charge in [-0.3, -0.25) is 0 Å². The molecule has 2 aromatic heterocycles. The van der Waals surface area contributed by atoms with Gasteiger partial charge in [0.1, 0.15) is 16.7 Å². The molecular weight excluding hydrogens is 601 g/mol. The number of aromatic nitrogens is 1. The van der Waals surface area contributed by atoms with Crippen molar-refractivity contribution in [2.24, 2.45) is 0 Å². The zero-order valence-corrected chi connectivity index (χ0v) is 26.4. The van der Waals surface area contributed by atoms with Gasteiger partial charge in [-0.2, -0.15) is 0 Å². The van der Waals surface area contributed by atoms with Gasteiger partial charge >= 0.3 is 0 Å². The molecule has 49 heavy (non-hydrogen) atoms. The minimum atomic E-state index is 0.609. The van der Waals surface area contributed by atoms with Gasteiger partial charge in [-0.15, -0.1) is 0 Å². The third-order valence-corrected chi connectivity index (χ3v) is 9.48. The lowest BCUT2D eigenvalue weighted by Crippen LogP contribution is -2.10. The average Bonchev–Trinajstić information content (AvgIpc) is 3.78. The Morgan fingerprint density at radius 3 is 1.98 bits per heavy atom. The van der Waals surface area contributed by atoms with Crippen LogP contribution in [0.5, 0.6) is 0 Å². The molecule has 0 saturated heterocycles. The molecule has 0 aliphatic heterocycles. The third kappa shape index (κ3) is 4.42. The topological polar surface area (TPSA) is 42.4 Å². The molecule has 0 saturated carbocycles. The molecule has 0 bridgehead atoms. The Morgan fingerprint density at radius 1 is 0.449 bits per heavy atom. The Balaban J connectivity index is 1.19. The lowest BCUT2D eigenvalue weighted by molar-refractivity contribution is 0.623. The summed E-state index contributed by atoms with van der Waals surface area (Å²) in [5.74, 6) is 0.609. The van der Waals surface area contributed by atoms with E-state index in [1.807, 2.05) is 42.5 Å². The summed E-state index contributed by atoms with van der Waals surface area (Å²) < 4.78 is 13.0. The first kappa shape index (κ1) is 27.5. The van der Waals surface area contributed by atoms with Gasteiger partial charge in [0.05, 0.1) is 5.69 Å². The van der Waals surface area contributed by atoms with E-state index in [-0.39, 0.29) is 0 Å². The zero-order chi connectivity index (χ0) is 32.3. The lowest BCUT2D eigenvalue weighted by atomic mass is 9.98. The van der Waals surface area contributed by atoms with Crippen molar-refractivity contribution in [2.75, 3.05) is 4.90 Å². The van der Waals surface area contributed by atoms with Crippen molar-refractivity contribution >= 4 is 71.6 Å². The number of oxazole rings is 1. The second-order valence-electron chi connectivity index (χ2n) is 12.3. The molecule has 10 rings (SSSR count). The Bertz CT molecular complexity index is 2820. The molecule has 0 amide bonds. The zero-order valence-electron chi connectivity index (χ0n) is 26.4. The Hall–Kier alpha value is -6.65. The van der Waals surface area contributed by atoms with Crippen molar-refractivity contribution < 1.29 is 8.83 Å². The van der Waals surface area contributed by atoms with Crippen molar-refractivity contribution in [3.8, 4) is 22.6 Å². The number of anilines is 3. The molecule has 0 atom stereocenters.